The van der Waals surface area contributed by atoms with Gasteiger partial charge in [0.15, 0.2) is 12.1 Å². The van der Waals surface area contributed by atoms with Crippen LogP contribution in [-0.2, 0) is 23.7 Å². The zero-order valence-corrected chi connectivity index (χ0v) is 17.5. The Bertz CT molecular complexity index is 551. The van der Waals surface area contributed by atoms with Crippen LogP contribution in [0, 0.1) is 0 Å². The molecule has 0 saturated carbocycles. The van der Waals surface area contributed by atoms with Crippen molar-refractivity contribution in [1.82, 2.24) is 0 Å². The van der Waals surface area contributed by atoms with E-state index in [4.69, 9.17) is 23.7 Å². The van der Waals surface area contributed by atoms with E-state index in [9.17, 15) is 35.7 Å². The smallest absolute Gasteiger partial charge is 0.224 e. The van der Waals surface area contributed by atoms with Gasteiger partial charge in [-0.25, -0.2) is 0 Å². The van der Waals surface area contributed by atoms with E-state index >= 15 is 0 Å². The van der Waals surface area contributed by atoms with Crippen LogP contribution in [0.15, 0.2) is 0 Å². The van der Waals surface area contributed by atoms with Crippen molar-refractivity contribution in [3.8, 4) is 0 Å². The average molecular weight is 442 g/mol. The van der Waals surface area contributed by atoms with Gasteiger partial charge in [-0.1, -0.05) is 0 Å². The molecule has 0 bridgehead atoms. The van der Waals surface area contributed by atoms with Gasteiger partial charge in [0, 0.05) is 0 Å². The van der Waals surface area contributed by atoms with Crippen molar-refractivity contribution >= 4 is 0 Å². The Morgan fingerprint density at radius 1 is 0.933 bits per heavy atom. The summed E-state index contributed by atoms with van der Waals surface area (Å²) in [6.07, 6.45) is -11.3. The van der Waals surface area contributed by atoms with Crippen molar-refractivity contribution in [2.45, 2.75) is 94.4 Å². The van der Waals surface area contributed by atoms with Crippen LogP contribution >= 0.6 is 0 Å². The summed E-state index contributed by atoms with van der Waals surface area (Å²) in [6, 6.07) is 0. The number of rotatable bonds is 10. The molecule has 0 aromatic rings. The Hall–Kier alpha value is -0.480. The van der Waals surface area contributed by atoms with Crippen molar-refractivity contribution in [2.75, 3.05) is 19.8 Å². The van der Waals surface area contributed by atoms with E-state index in [2.05, 4.69) is 0 Å². The van der Waals surface area contributed by atoms with Gasteiger partial charge in [0.2, 0.25) is 5.79 Å². The van der Waals surface area contributed by atoms with Crippen molar-refractivity contribution in [3.05, 3.63) is 0 Å². The van der Waals surface area contributed by atoms with E-state index in [1.54, 1.807) is 6.92 Å². The van der Waals surface area contributed by atoms with Gasteiger partial charge in [0.25, 0.3) is 0 Å². The zero-order chi connectivity index (χ0) is 22.9. The molecule has 2 heterocycles. The van der Waals surface area contributed by atoms with Gasteiger partial charge in [-0.15, -0.1) is 0 Å². The third-order valence-corrected chi connectivity index (χ3v) is 5.40. The van der Waals surface area contributed by atoms with E-state index in [0.29, 0.717) is 0 Å². The fourth-order valence-corrected chi connectivity index (χ4v) is 3.41. The number of aliphatic hydroxyl groups is 7. The molecule has 2 fully saturated rings. The van der Waals surface area contributed by atoms with Crippen LogP contribution in [0.25, 0.3) is 0 Å². The van der Waals surface area contributed by atoms with Gasteiger partial charge in [-0.05, 0) is 27.7 Å². The van der Waals surface area contributed by atoms with Crippen molar-refractivity contribution in [3.63, 3.8) is 0 Å². The second-order valence-electron chi connectivity index (χ2n) is 8.00. The summed E-state index contributed by atoms with van der Waals surface area (Å²) < 4.78 is 27.8. The fourth-order valence-electron chi connectivity index (χ4n) is 3.41. The molecule has 178 valence electrons. The summed E-state index contributed by atoms with van der Waals surface area (Å²) in [7, 11) is 0. The lowest BCUT2D eigenvalue weighted by Gasteiger charge is -2.39. The number of hydrogen-bond acceptors (Lipinski definition) is 12. The first kappa shape index (κ1) is 25.8. The first-order valence-electron chi connectivity index (χ1n) is 9.85. The summed E-state index contributed by atoms with van der Waals surface area (Å²) in [6.45, 7) is 4.09. The molecule has 0 aromatic heterocycles. The predicted octanol–water partition coefficient (Wildman–Crippen LogP) is -3.21. The molecule has 30 heavy (non-hydrogen) atoms. The minimum absolute atomic E-state index is 0.419. The van der Waals surface area contributed by atoms with E-state index in [1.165, 1.54) is 20.8 Å². The van der Waals surface area contributed by atoms with Gasteiger partial charge in [-0.3, -0.25) is 0 Å². The normalized spacial score (nSPS) is 44.9. The molecule has 0 radical (unpaired) electrons. The van der Waals surface area contributed by atoms with Crippen molar-refractivity contribution < 1.29 is 59.4 Å². The van der Waals surface area contributed by atoms with Crippen LogP contribution in [0.2, 0.25) is 0 Å². The summed E-state index contributed by atoms with van der Waals surface area (Å²) >= 11 is 0. The van der Waals surface area contributed by atoms with E-state index in [1.807, 2.05) is 0 Å². The fraction of sp³-hybridized carbons (Fsp3) is 1.00. The molecule has 0 aliphatic carbocycles. The Labute approximate surface area is 174 Å². The lowest BCUT2D eigenvalue weighted by molar-refractivity contribution is -0.376. The average Bonchev–Trinajstić information content (AvgIpc) is 3.04. The number of aliphatic hydroxyl groups excluding tert-OH is 7. The zero-order valence-electron chi connectivity index (χ0n) is 17.5. The quantitative estimate of drug-likeness (QED) is 0.168. The number of ether oxygens (including phenoxy) is 5. The topological polar surface area (TPSA) is 188 Å². The van der Waals surface area contributed by atoms with Gasteiger partial charge in [-0.2, -0.15) is 0 Å². The van der Waals surface area contributed by atoms with Crippen LogP contribution in [0.4, 0.5) is 0 Å². The Kier molecular flexibility index (Phi) is 8.58. The monoisotopic (exact) mass is 442 g/mol. The van der Waals surface area contributed by atoms with Gasteiger partial charge < -0.3 is 59.4 Å². The second kappa shape index (κ2) is 9.98. The predicted molar refractivity (Wildman–Crippen MR) is 97.8 cm³/mol. The molecule has 2 aliphatic heterocycles. The maximum Gasteiger partial charge on any atom is 0.224 e. The minimum Gasteiger partial charge on any atom is -0.394 e. The van der Waals surface area contributed by atoms with E-state index in [0.717, 1.165) is 0 Å². The molecule has 12 nitrogen and oxygen atoms in total. The molecule has 2 aliphatic rings. The lowest BCUT2D eigenvalue weighted by atomic mass is 10.0. The van der Waals surface area contributed by atoms with Crippen LogP contribution in [0.3, 0.4) is 0 Å². The summed E-state index contributed by atoms with van der Waals surface area (Å²) in [5.41, 5.74) is 0. The SMILES string of the molecule is CC(CO)O[C@H](O[C@]1(CO[C@]2(C)O[C@H](C)C(O)C2O)O[C@H](C)C(O)C1O)C(O)CO. The Morgan fingerprint density at radius 2 is 1.50 bits per heavy atom. The van der Waals surface area contributed by atoms with Crippen molar-refractivity contribution in [2.24, 2.45) is 0 Å². The first-order chi connectivity index (χ1) is 13.9. The van der Waals surface area contributed by atoms with E-state index < -0.39 is 86.5 Å². The van der Waals surface area contributed by atoms with Crippen LogP contribution < -0.4 is 0 Å². The molecule has 7 N–H and O–H groups in total. The van der Waals surface area contributed by atoms with Crippen LogP contribution in [0.1, 0.15) is 27.7 Å². The molecule has 6 unspecified atom stereocenters. The summed E-state index contributed by atoms with van der Waals surface area (Å²) in [5.74, 6) is -3.77. The van der Waals surface area contributed by atoms with Crippen LogP contribution in [-0.4, -0.2) is 122 Å². The summed E-state index contributed by atoms with van der Waals surface area (Å²) in [4.78, 5) is 0. The molecule has 0 spiro atoms. The largest absolute Gasteiger partial charge is 0.394 e. The maximum absolute atomic E-state index is 10.6. The highest BCUT2D eigenvalue weighted by atomic mass is 16.8. The van der Waals surface area contributed by atoms with Gasteiger partial charge in [0.1, 0.15) is 37.1 Å². The maximum atomic E-state index is 10.6. The van der Waals surface area contributed by atoms with Gasteiger partial charge in [0.05, 0.1) is 31.5 Å². The molecule has 12 heteroatoms. The van der Waals surface area contributed by atoms with E-state index in [-0.39, 0.29) is 0 Å². The molecule has 2 rings (SSSR count). The standard InChI is InChI=1S/C18H34O12/c1-8(5-19)27-16(11(21)6-20)30-18(15(25)13(23)10(3)29-18)7-26-17(4)14(24)12(22)9(2)28-17/h8-16,19-25H,5-7H2,1-4H3/t8?,9-,10-,11?,12?,13?,14?,15?,16-,17-,18+/m1/s1. The third-order valence-electron chi connectivity index (χ3n) is 5.40. The highest BCUT2D eigenvalue weighted by Crippen LogP contribution is 2.38. The lowest BCUT2D eigenvalue weighted by Crippen LogP contribution is -2.56. The third kappa shape index (κ3) is 5.11. The summed E-state index contributed by atoms with van der Waals surface area (Å²) in [5, 5.41) is 69.7. The Balaban J connectivity index is 2.26. The second-order valence-corrected chi connectivity index (χ2v) is 8.00. The number of hydrogen-bond donors (Lipinski definition) is 7. The minimum atomic E-state index is -2.09. The molecular weight excluding hydrogens is 408 g/mol. The first-order valence-corrected chi connectivity index (χ1v) is 9.85. The van der Waals surface area contributed by atoms with Crippen molar-refractivity contribution in [1.29, 1.82) is 0 Å². The van der Waals surface area contributed by atoms with Gasteiger partial charge >= 0.3 is 0 Å². The molecule has 11 atom stereocenters. The van der Waals surface area contributed by atoms with Crippen LogP contribution in [0.5, 0.6) is 0 Å². The molecule has 0 amide bonds. The Morgan fingerprint density at radius 3 is 1.93 bits per heavy atom. The molecule has 0 aromatic carbocycles. The molecular formula is C18H34O12. The highest BCUT2D eigenvalue weighted by Gasteiger charge is 2.59. The highest BCUT2D eigenvalue weighted by molar-refractivity contribution is 4.98. The molecule has 2 saturated heterocycles.